The van der Waals surface area contributed by atoms with Crippen molar-refractivity contribution in [3.05, 3.63) is 70.0 Å². The van der Waals surface area contributed by atoms with Gasteiger partial charge in [-0.3, -0.25) is 0 Å². The van der Waals surface area contributed by atoms with Crippen LogP contribution in [0.2, 0.25) is 5.15 Å². The largest absolute Gasteiger partial charge is 0.493 e. The van der Waals surface area contributed by atoms with E-state index in [4.69, 9.17) is 25.8 Å². The third-order valence-corrected chi connectivity index (χ3v) is 5.02. The third-order valence-electron chi connectivity index (χ3n) is 4.75. The Kier molecular flexibility index (Phi) is 6.26. The Labute approximate surface area is 175 Å². The number of methoxy groups -OCH3 is 2. The van der Waals surface area contributed by atoms with Gasteiger partial charge >= 0.3 is 0 Å². The molecule has 0 aliphatic heterocycles. The zero-order valence-electron chi connectivity index (χ0n) is 16.7. The number of nitriles is 1. The summed E-state index contributed by atoms with van der Waals surface area (Å²) in [6.45, 7) is 4.10. The lowest BCUT2D eigenvalue weighted by atomic mass is 9.94. The number of aromatic nitrogens is 1. The van der Waals surface area contributed by atoms with Crippen LogP contribution in [0.4, 0.5) is 0 Å². The molecule has 0 radical (unpaired) electrons. The number of benzene rings is 2. The van der Waals surface area contributed by atoms with Gasteiger partial charge in [0.25, 0.3) is 0 Å². The van der Waals surface area contributed by atoms with Crippen LogP contribution in [0.15, 0.2) is 42.5 Å². The monoisotopic (exact) mass is 408 g/mol. The minimum absolute atomic E-state index is 0.161. The average molecular weight is 409 g/mol. The molecule has 0 aliphatic carbocycles. The highest BCUT2D eigenvalue weighted by Crippen LogP contribution is 2.47. The number of hydrogen-bond donors (Lipinski definition) is 0. The first-order valence-electron chi connectivity index (χ1n) is 9.00. The summed E-state index contributed by atoms with van der Waals surface area (Å²) in [5.41, 5.74) is 4.26. The number of halogens is 1. The van der Waals surface area contributed by atoms with Crippen LogP contribution >= 0.6 is 11.6 Å². The molecular weight excluding hydrogens is 388 g/mol. The van der Waals surface area contributed by atoms with E-state index in [1.54, 1.807) is 20.3 Å². The molecule has 0 N–H and O–H groups in total. The van der Waals surface area contributed by atoms with Crippen LogP contribution in [0.5, 0.6) is 17.2 Å². The van der Waals surface area contributed by atoms with Crippen LogP contribution in [0, 0.1) is 25.2 Å². The van der Waals surface area contributed by atoms with E-state index < -0.39 is 0 Å². The maximum Gasteiger partial charge on any atom is 0.203 e. The van der Waals surface area contributed by atoms with Gasteiger partial charge in [-0.1, -0.05) is 41.9 Å². The first-order valence-corrected chi connectivity index (χ1v) is 9.38. The van der Waals surface area contributed by atoms with Crippen LogP contribution in [-0.4, -0.2) is 19.2 Å². The maximum absolute atomic E-state index is 9.73. The van der Waals surface area contributed by atoms with Crippen molar-refractivity contribution in [2.24, 2.45) is 0 Å². The van der Waals surface area contributed by atoms with Crippen LogP contribution in [0.1, 0.15) is 22.4 Å². The molecule has 0 amide bonds. The van der Waals surface area contributed by atoms with Crippen molar-refractivity contribution in [3.63, 3.8) is 0 Å². The van der Waals surface area contributed by atoms with Gasteiger partial charge in [0.05, 0.1) is 19.8 Å². The van der Waals surface area contributed by atoms with Crippen molar-refractivity contribution in [1.29, 1.82) is 5.26 Å². The molecule has 0 unspecified atom stereocenters. The van der Waals surface area contributed by atoms with Gasteiger partial charge in [0.15, 0.2) is 11.5 Å². The summed E-state index contributed by atoms with van der Waals surface area (Å²) in [5, 5.41) is 9.89. The summed E-state index contributed by atoms with van der Waals surface area (Å²) in [5.74, 6) is 1.47. The Balaban J connectivity index is 2.24. The quantitative estimate of drug-likeness (QED) is 0.505. The first-order chi connectivity index (χ1) is 14.0. The van der Waals surface area contributed by atoms with E-state index in [1.165, 1.54) is 0 Å². The molecule has 3 rings (SSSR count). The highest BCUT2D eigenvalue weighted by Gasteiger charge is 2.24. The van der Waals surface area contributed by atoms with E-state index in [9.17, 15) is 5.26 Å². The van der Waals surface area contributed by atoms with Crippen molar-refractivity contribution in [1.82, 2.24) is 4.98 Å². The predicted octanol–water partition coefficient (Wildman–Crippen LogP) is 5.49. The van der Waals surface area contributed by atoms with Gasteiger partial charge in [-0.25, -0.2) is 4.98 Å². The van der Waals surface area contributed by atoms with Crippen molar-refractivity contribution in [2.45, 2.75) is 20.5 Å². The average Bonchev–Trinajstić information content (AvgIpc) is 2.74. The topological polar surface area (TPSA) is 64.4 Å². The second-order valence-electron chi connectivity index (χ2n) is 6.43. The van der Waals surface area contributed by atoms with Crippen LogP contribution in [0.3, 0.4) is 0 Å². The number of rotatable bonds is 6. The summed E-state index contributed by atoms with van der Waals surface area (Å²) < 4.78 is 17.3. The standard InChI is InChI=1S/C23H21ClN2O3/c1-14-15(2)26-23(24)18(12-25)20(14)17-10-11-19(27-3)22(28-4)21(17)29-13-16-8-6-5-7-9-16/h5-11H,13H2,1-4H3. The fraction of sp³-hybridized carbons (Fsp3) is 0.217. The molecule has 1 heterocycles. The Bertz CT molecular complexity index is 1080. The zero-order chi connectivity index (χ0) is 21.0. The minimum atomic E-state index is 0.161. The van der Waals surface area contributed by atoms with E-state index >= 15 is 0 Å². The SMILES string of the molecule is COc1ccc(-c2c(C)c(C)nc(Cl)c2C#N)c(OCc2ccccc2)c1OC. The molecular formula is C23H21ClN2O3. The van der Waals surface area contributed by atoms with E-state index in [1.807, 2.05) is 50.2 Å². The molecule has 0 saturated heterocycles. The van der Waals surface area contributed by atoms with Gasteiger partial charge in [0, 0.05) is 16.8 Å². The second-order valence-corrected chi connectivity index (χ2v) is 6.78. The van der Waals surface area contributed by atoms with E-state index in [2.05, 4.69) is 11.1 Å². The number of pyridine rings is 1. The molecule has 0 bridgehead atoms. The molecule has 3 aromatic rings. The van der Waals surface area contributed by atoms with Gasteiger partial charge in [-0.15, -0.1) is 0 Å². The Morgan fingerprint density at radius 1 is 1.00 bits per heavy atom. The summed E-state index contributed by atoms with van der Waals surface area (Å²) in [7, 11) is 3.12. The highest BCUT2D eigenvalue weighted by atomic mass is 35.5. The van der Waals surface area contributed by atoms with Crippen molar-refractivity contribution in [3.8, 4) is 34.4 Å². The molecule has 2 aromatic carbocycles. The second kappa shape index (κ2) is 8.85. The number of ether oxygens (including phenoxy) is 3. The van der Waals surface area contributed by atoms with Crippen molar-refractivity contribution < 1.29 is 14.2 Å². The lowest BCUT2D eigenvalue weighted by Gasteiger charge is -2.20. The van der Waals surface area contributed by atoms with Crippen molar-refractivity contribution >= 4 is 11.6 Å². The Morgan fingerprint density at radius 3 is 2.34 bits per heavy atom. The summed E-state index contributed by atoms with van der Waals surface area (Å²) in [6.07, 6.45) is 0. The van der Waals surface area contributed by atoms with E-state index in [0.717, 1.165) is 16.8 Å². The van der Waals surface area contributed by atoms with Gasteiger partial charge in [-0.05, 0) is 37.1 Å². The van der Waals surface area contributed by atoms with Gasteiger partial charge in [0.1, 0.15) is 17.8 Å². The van der Waals surface area contributed by atoms with Crippen molar-refractivity contribution in [2.75, 3.05) is 14.2 Å². The maximum atomic E-state index is 9.73. The van der Waals surface area contributed by atoms with Gasteiger partial charge in [-0.2, -0.15) is 5.26 Å². The fourth-order valence-electron chi connectivity index (χ4n) is 3.17. The highest BCUT2D eigenvalue weighted by molar-refractivity contribution is 6.31. The molecule has 0 spiro atoms. The number of aryl methyl sites for hydroxylation is 1. The smallest absolute Gasteiger partial charge is 0.203 e. The van der Waals surface area contributed by atoms with Crippen LogP contribution in [0.25, 0.3) is 11.1 Å². The van der Waals surface area contributed by atoms with Gasteiger partial charge in [0.2, 0.25) is 5.75 Å². The lowest BCUT2D eigenvalue weighted by molar-refractivity contribution is 0.276. The van der Waals surface area contributed by atoms with E-state index in [-0.39, 0.29) is 5.15 Å². The third kappa shape index (κ3) is 3.98. The molecule has 1 aromatic heterocycles. The molecule has 0 atom stereocenters. The van der Waals surface area contributed by atoms with Crippen LogP contribution < -0.4 is 14.2 Å². The molecule has 0 aliphatic rings. The first kappa shape index (κ1) is 20.5. The Hall–Kier alpha value is -3.23. The van der Waals surface area contributed by atoms with Gasteiger partial charge < -0.3 is 14.2 Å². The van der Waals surface area contributed by atoms with E-state index in [0.29, 0.717) is 40.5 Å². The summed E-state index contributed by atoms with van der Waals surface area (Å²) >= 11 is 6.28. The summed E-state index contributed by atoms with van der Waals surface area (Å²) in [6, 6.07) is 15.6. The predicted molar refractivity (Wildman–Crippen MR) is 113 cm³/mol. The molecule has 0 saturated carbocycles. The van der Waals surface area contributed by atoms with Crippen LogP contribution in [-0.2, 0) is 6.61 Å². The Morgan fingerprint density at radius 2 is 1.72 bits per heavy atom. The minimum Gasteiger partial charge on any atom is -0.493 e. The molecule has 0 fully saturated rings. The molecule has 6 heteroatoms. The number of nitrogens with zero attached hydrogens (tertiary/aromatic N) is 2. The number of hydrogen-bond acceptors (Lipinski definition) is 5. The molecule has 5 nitrogen and oxygen atoms in total. The molecule has 29 heavy (non-hydrogen) atoms. The molecule has 148 valence electrons. The zero-order valence-corrected chi connectivity index (χ0v) is 17.5. The fourth-order valence-corrected chi connectivity index (χ4v) is 3.43. The summed E-state index contributed by atoms with van der Waals surface area (Å²) in [4.78, 5) is 4.28. The normalized spacial score (nSPS) is 10.3. The lowest BCUT2D eigenvalue weighted by Crippen LogP contribution is -2.04.